The van der Waals surface area contributed by atoms with Crippen molar-refractivity contribution in [3.63, 3.8) is 0 Å². The average Bonchev–Trinajstić information content (AvgIpc) is 2.96. The molecule has 0 radical (unpaired) electrons. The number of ketones is 1. The third kappa shape index (κ3) is 6.14. The van der Waals surface area contributed by atoms with E-state index in [0.717, 1.165) is 0 Å². The number of methoxy groups -OCH3 is 1. The van der Waals surface area contributed by atoms with Crippen molar-refractivity contribution in [1.29, 1.82) is 0 Å². The van der Waals surface area contributed by atoms with Crippen LogP contribution in [0.4, 0.5) is 0 Å². The maximum atomic E-state index is 13.3. The van der Waals surface area contributed by atoms with Crippen LogP contribution in [0.15, 0.2) is 30.5 Å². The Bertz CT molecular complexity index is 1080. The number of hydrogen-bond donors (Lipinski definition) is 7. The van der Waals surface area contributed by atoms with Crippen molar-refractivity contribution in [3.05, 3.63) is 36.1 Å². The van der Waals surface area contributed by atoms with Gasteiger partial charge in [-0.1, -0.05) is 12.1 Å². The molecule has 41 heavy (non-hydrogen) atoms. The van der Waals surface area contributed by atoms with Gasteiger partial charge in [-0.2, -0.15) is 0 Å². The Labute approximate surface area is 235 Å². The molecule has 0 bridgehead atoms. The standard InChI is InChI=1S/C27H36O14/c1-36-12-4-2-11(3-5-12)14-8-37-17-7-13(6-15(28)19(17)20(14)30)40-27-25(35)23(33)22(32)18(41-27)10-39-26-24(34)21(31)16(29)9-38-26/h2-5,8,13,15-19,21-29,31-35H,6-7,9-10H2,1H3. The SMILES string of the molecule is COc1ccc(C2=COC3CC(OC4OC(COC5OCC(O)C(O)C5O)C(O)C(O)C4O)CC(O)C3C2=O)cc1. The van der Waals surface area contributed by atoms with Crippen molar-refractivity contribution in [2.75, 3.05) is 20.3 Å². The molecule has 3 aliphatic heterocycles. The second kappa shape index (κ2) is 12.6. The fraction of sp³-hybridized carbons (Fsp3) is 0.667. The Balaban J connectivity index is 1.21. The first-order valence-corrected chi connectivity index (χ1v) is 13.4. The summed E-state index contributed by atoms with van der Waals surface area (Å²) in [7, 11) is 1.54. The van der Waals surface area contributed by atoms with Crippen molar-refractivity contribution in [2.24, 2.45) is 5.92 Å². The third-order valence-electron chi connectivity index (χ3n) is 8.02. The number of aliphatic hydroxyl groups is 7. The fourth-order valence-electron chi connectivity index (χ4n) is 5.61. The molecule has 14 heteroatoms. The number of Topliss-reactive ketones (excluding diaryl/α,β-unsaturated/α-hetero) is 1. The quantitative estimate of drug-likeness (QED) is 0.175. The van der Waals surface area contributed by atoms with E-state index in [2.05, 4.69) is 0 Å². The number of ether oxygens (including phenoxy) is 6. The van der Waals surface area contributed by atoms with Crippen molar-refractivity contribution in [3.8, 4) is 5.75 Å². The van der Waals surface area contributed by atoms with Crippen LogP contribution in [0.1, 0.15) is 18.4 Å². The van der Waals surface area contributed by atoms with Crippen LogP contribution < -0.4 is 4.74 Å². The highest BCUT2D eigenvalue weighted by atomic mass is 16.7. The van der Waals surface area contributed by atoms with Crippen LogP contribution in [0, 0.1) is 5.92 Å². The van der Waals surface area contributed by atoms with E-state index in [1.54, 1.807) is 24.3 Å². The Morgan fingerprint density at radius 3 is 2.27 bits per heavy atom. The summed E-state index contributed by atoms with van der Waals surface area (Å²) >= 11 is 0. The van der Waals surface area contributed by atoms with E-state index in [1.807, 2.05) is 0 Å². The Morgan fingerprint density at radius 1 is 0.854 bits per heavy atom. The van der Waals surface area contributed by atoms with Gasteiger partial charge in [-0.15, -0.1) is 0 Å². The molecule has 1 saturated carbocycles. The number of aliphatic hydroxyl groups excluding tert-OH is 7. The van der Waals surface area contributed by atoms with E-state index in [0.29, 0.717) is 16.9 Å². The largest absolute Gasteiger partial charge is 0.497 e. The molecule has 0 aromatic heterocycles. The summed E-state index contributed by atoms with van der Waals surface area (Å²) in [5.41, 5.74) is 0.948. The molecule has 3 heterocycles. The number of fused-ring (bicyclic) bond motifs is 1. The van der Waals surface area contributed by atoms with Crippen LogP contribution in [0.3, 0.4) is 0 Å². The predicted molar refractivity (Wildman–Crippen MR) is 135 cm³/mol. The third-order valence-corrected chi connectivity index (χ3v) is 8.02. The maximum absolute atomic E-state index is 13.3. The molecule has 2 saturated heterocycles. The van der Waals surface area contributed by atoms with Gasteiger partial charge < -0.3 is 64.2 Å². The lowest BCUT2D eigenvalue weighted by Crippen LogP contribution is -2.61. The van der Waals surface area contributed by atoms with Gasteiger partial charge in [0.15, 0.2) is 18.4 Å². The van der Waals surface area contributed by atoms with Crippen LogP contribution in [-0.4, -0.2) is 135 Å². The molecule has 5 rings (SSSR count). The topological polar surface area (TPSA) is 214 Å². The van der Waals surface area contributed by atoms with Crippen LogP contribution in [0.5, 0.6) is 5.75 Å². The molecule has 1 aromatic rings. The van der Waals surface area contributed by atoms with Crippen LogP contribution >= 0.6 is 0 Å². The summed E-state index contributed by atoms with van der Waals surface area (Å²) < 4.78 is 33.1. The fourth-order valence-corrected chi connectivity index (χ4v) is 5.61. The summed E-state index contributed by atoms with van der Waals surface area (Å²) in [5, 5.41) is 71.7. The first kappa shape index (κ1) is 30.3. The zero-order chi connectivity index (χ0) is 29.4. The van der Waals surface area contributed by atoms with E-state index in [9.17, 15) is 40.5 Å². The number of benzene rings is 1. The highest BCUT2D eigenvalue weighted by Gasteiger charge is 2.50. The predicted octanol–water partition coefficient (Wildman–Crippen LogP) is -2.58. The summed E-state index contributed by atoms with van der Waals surface area (Å²) in [6, 6.07) is 6.88. The van der Waals surface area contributed by atoms with Crippen LogP contribution in [0.2, 0.25) is 0 Å². The Morgan fingerprint density at radius 2 is 1.56 bits per heavy atom. The van der Waals surface area contributed by atoms with E-state index >= 15 is 0 Å². The van der Waals surface area contributed by atoms with Gasteiger partial charge in [0.1, 0.15) is 54.6 Å². The minimum Gasteiger partial charge on any atom is -0.497 e. The second-order valence-corrected chi connectivity index (χ2v) is 10.7. The van der Waals surface area contributed by atoms with Gasteiger partial charge in [0.25, 0.3) is 0 Å². The number of rotatable bonds is 7. The molecule has 1 aliphatic carbocycles. The molecule has 14 nitrogen and oxygen atoms in total. The van der Waals surface area contributed by atoms with Gasteiger partial charge in [-0.3, -0.25) is 4.79 Å². The first-order chi connectivity index (χ1) is 19.6. The normalized spacial score (nSPS) is 43.1. The van der Waals surface area contributed by atoms with Gasteiger partial charge in [0.05, 0.1) is 50.3 Å². The van der Waals surface area contributed by atoms with Gasteiger partial charge in [-0.05, 0) is 17.7 Å². The summed E-state index contributed by atoms with van der Waals surface area (Å²) in [5.74, 6) is -0.475. The Hall–Kier alpha value is -2.21. The van der Waals surface area contributed by atoms with Crippen molar-refractivity contribution in [2.45, 2.75) is 86.5 Å². The highest BCUT2D eigenvalue weighted by Crippen LogP contribution is 2.39. The Kier molecular flexibility index (Phi) is 9.28. The minimum absolute atomic E-state index is 0.0148. The van der Waals surface area contributed by atoms with Crippen molar-refractivity contribution < 1.29 is 69.0 Å². The lowest BCUT2D eigenvalue weighted by atomic mass is 9.76. The van der Waals surface area contributed by atoms with Gasteiger partial charge in [-0.25, -0.2) is 0 Å². The van der Waals surface area contributed by atoms with E-state index in [4.69, 9.17) is 28.4 Å². The van der Waals surface area contributed by atoms with E-state index in [1.165, 1.54) is 13.4 Å². The second-order valence-electron chi connectivity index (χ2n) is 10.7. The van der Waals surface area contributed by atoms with Crippen molar-refractivity contribution in [1.82, 2.24) is 0 Å². The van der Waals surface area contributed by atoms with Crippen LogP contribution in [0.25, 0.3) is 5.57 Å². The van der Waals surface area contributed by atoms with Crippen molar-refractivity contribution >= 4 is 11.4 Å². The van der Waals surface area contributed by atoms with Crippen LogP contribution in [-0.2, 0) is 28.5 Å². The summed E-state index contributed by atoms with van der Waals surface area (Å²) in [6.07, 6.45) is -14.3. The van der Waals surface area contributed by atoms with Gasteiger partial charge in [0.2, 0.25) is 0 Å². The molecule has 7 N–H and O–H groups in total. The molecule has 3 fully saturated rings. The maximum Gasteiger partial charge on any atom is 0.186 e. The lowest BCUT2D eigenvalue weighted by Gasteiger charge is -2.45. The molecule has 0 amide bonds. The van der Waals surface area contributed by atoms with E-state index in [-0.39, 0.29) is 25.2 Å². The highest BCUT2D eigenvalue weighted by molar-refractivity contribution is 6.22. The zero-order valence-electron chi connectivity index (χ0n) is 22.2. The van der Waals surface area contributed by atoms with Gasteiger partial charge in [0, 0.05) is 12.8 Å². The molecule has 4 aliphatic rings. The molecule has 13 unspecified atom stereocenters. The molecule has 1 aromatic carbocycles. The number of carbonyl (C=O) groups excluding carboxylic acids is 1. The first-order valence-electron chi connectivity index (χ1n) is 13.4. The summed E-state index contributed by atoms with van der Waals surface area (Å²) in [4.78, 5) is 13.3. The number of allylic oxidation sites excluding steroid dienone is 1. The molecular weight excluding hydrogens is 548 g/mol. The zero-order valence-corrected chi connectivity index (χ0v) is 22.2. The smallest absolute Gasteiger partial charge is 0.186 e. The average molecular weight is 585 g/mol. The molecule has 0 spiro atoms. The molecular formula is C27H36O14. The lowest BCUT2D eigenvalue weighted by molar-refractivity contribution is -0.331. The van der Waals surface area contributed by atoms with Gasteiger partial charge >= 0.3 is 0 Å². The molecule has 228 valence electrons. The monoisotopic (exact) mass is 584 g/mol. The van der Waals surface area contributed by atoms with E-state index < -0.39 is 86.1 Å². The number of carbonyl (C=O) groups is 1. The molecule has 13 atom stereocenters. The minimum atomic E-state index is -1.68. The number of hydrogen-bond acceptors (Lipinski definition) is 14. The summed E-state index contributed by atoms with van der Waals surface area (Å²) in [6.45, 7) is -0.721.